The molecule has 34 heavy (non-hydrogen) atoms. The van der Waals surface area contributed by atoms with Crippen LogP contribution in [-0.2, 0) is 24.0 Å². The molecule has 0 saturated carbocycles. The molecule has 5 rings (SSSR count). The molecule has 0 bridgehead atoms. The molecule has 4 atom stereocenters. The Balaban J connectivity index is 1.61. The van der Waals surface area contributed by atoms with Crippen molar-refractivity contribution in [2.45, 2.75) is 25.2 Å². The molecule has 1 saturated heterocycles. The van der Waals surface area contributed by atoms with Gasteiger partial charge in [0.15, 0.2) is 11.6 Å². The second kappa shape index (κ2) is 8.16. The molecule has 1 fully saturated rings. The summed E-state index contributed by atoms with van der Waals surface area (Å²) in [6, 6.07) is 6.38. The normalized spacial score (nSPS) is 28.3. The second-order valence-corrected chi connectivity index (χ2v) is 9.81. The molecule has 2 amide bonds. The number of carbonyl (C=O) groups excluding carboxylic acids is 4. The number of nitrogens with zero attached hydrogens (tertiary/aromatic N) is 1. The fourth-order valence-corrected chi connectivity index (χ4v) is 6.19. The number of halogens is 1. The Morgan fingerprint density at radius 1 is 1.06 bits per heavy atom. The number of benzene rings is 1. The van der Waals surface area contributed by atoms with E-state index in [0.29, 0.717) is 23.1 Å². The molecule has 4 aliphatic rings. The zero-order valence-electron chi connectivity index (χ0n) is 17.9. The van der Waals surface area contributed by atoms with E-state index in [1.807, 2.05) is 6.08 Å². The highest BCUT2D eigenvalue weighted by molar-refractivity contribution is 9.12. The zero-order valence-corrected chi connectivity index (χ0v) is 19.4. The highest BCUT2D eigenvalue weighted by Gasteiger charge is 2.56. The summed E-state index contributed by atoms with van der Waals surface area (Å²) in [5.41, 5.74) is 2.19. The number of carboxylic acids is 1. The van der Waals surface area contributed by atoms with Crippen molar-refractivity contribution in [2.24, 2.45) is 17.8 Å². The van der Waals surface area contributed by atoms with Crippen LogP contribution in [0, 0.1) is 17.8 Å². The summed E-state index contributed by atoms with van der Waals surface area (Å²) in [5, 5.41) is 18.8. The number of Topliss-reactive ketones (excluding diaryl/α,β-unsaturated/α-hetero) is 1. The lowest BCUT2D eigenvalue weighted by molar-refractivity contribution is -0.142. The number of ketones is 2. The van der Waals surface area contributed by atoms with E-state index in [4.69, 9.17) is 5.11 Å². The van der Waals surface area contributed by atoms with Crippen molar-refractivity contribution in [2.75, 3.05) is 6.54 Å². The lowest BCUT2D eigenvalue weighted by Gasteiger charge is -2.42. The Bertz CT molecular complexity index is 1260. The number of carbonyl (C=O) groups is 5. The third-order valence-corrected chi connectivity index (χ3v) is 7.79. The van der Waals surface area contributed by atoms with Crippen LogP contribution < -0.4 is 0 Å². The first-order valence-corrected chi connectivity index (χ1v) is 11.7. The number of phenolic OH excluding ortho intramolecular Hbond substituents is 1. The number of hydrogen-bond donors (Lipinski definition) is 2. The maximum Gasteiger partial charge on any atom is 0.305 e. The fraction of sp³-hybridized carbons (Fsp3) is 0.320. The fourth-order valence-electron chi connectivity index (χ4n) is 5.75. The molecule has 0 unspecified atom stereocenters. The standard InChI is InChI=1S/C25H20BrNO7/c26-17-10-18(29)22-16(23(17)32)9-15-13(20(22)11-1-3-12(28)4-2-11)5-6-14-21(15)25(34)27(24(14)33)8-7-19(30)31/h1-5,10,14-15,20-21,28H,6-9H2,(H,30,31)/t14-,15+,20-,21-/m0/s1. The van der Waals surface area contributed by atoms with Gasteiger partial charge in [0.25, 0.3) is 0 Å². The van der Waals surface area contributed by atoms with Crippen molar-refractivity contribution in [3.8, 4) is 5.75 Å². The van der Waals surface area contributed by atoms with Crippen molar-refractivity contribution in [3.05, 3.63) is 63.2 Å². The summed E-state index contributed by atoms with van der Waals surface area (Å²) in [6.07, 6.45) is 3.26. The summed E-state index contributed by atoms with van der Waals surface area (Å²) in [5.74, 6) is -4.87. The van der Waals surface area contributed by atoms with Crippen molar-refractivity contribution >= 4 is 45.3 Å². The van der Waals surface area contributed by atoms with Gasteiger partial charge in [-0.3, -0.25) is 28.9 Å². The average molecular weight is 526 g/mol. The van der Waals surface area contributed by atoms with Crippen molar-refractivity contribution in [3.63, 3.8) is 0 Å². The number of carboxylic acid groups (broad SMARTS) is 1. The minimum atomic E-state index is -1.10. The summed E-state index contributed by atoms with van der Waals surface area (Å²) in [7, 11) is 0. The van der Waals surface area contributed by atoms with Crippen molar-refractivity contribution < 1.29 is 34.2 Å². The Hall–Kier alpha value is -3.33. The van der Waals surface area contributed by atoms with Crippen LogP contribution in [-0.4, -0.2) is 51.0 Å². The molecular weight excluding hydrogens is 506 g/mol. The maximum atomic E-state index is 13.3. The summed E-state index contributed by atoms with van der Waals surface area (Å²) in [6.45, 7) is -0.191. The Kier molecular flexibility index (Phi) is 5.39. The number of phenols is 1. The van der Waals surface area contributed by atoms with E-state index in [2.05, 4.69) is 15.9 Å². The number of likely N-dealkylation sites (tertiary alicyclic amines) is 1. The van der Waals surface area contributed by atoms with Crippen LogP contribution in [0.4, 0.5) is 0 Å². The van der Waals surface area contributed by atoms with Crippen molar-refractivity contribution in [1.29, 1.82) is 0 Å². The molecule has 9 heteroatoms. The minimum absolute atomic E-state index is 0.0577. The third kappa shape index (κ3) is 3.37. The largest absolute Gasteiger partial charge is 0.508 e. The molecule has 0 radical (unpaired) electrons. The van der Waals surface area contributed by atoms with Gasteiger partial charge >= 0.3 is 5.97 Å². The van der Waals surface area contributed by atoms with E-state index in [9.17, 15) is 29.1 Å². The van der Waals surface area contributed by atoms with Crippen LogP contribution >= 0.6 is 15.9 Å². The van der Waals surface area contributed by atoms with Crippen LogP contribution in [0.15, 0.2) is 57.6 Å². The van der Waals surface area contributed by atoms with Gasteiger partial charge in [-0.25, -0.2) is 0 Å². The van der Waals surface area contributed by atoms with Gasteiger partial charge in [0.1, 0.15) is 5.75 Å². The van der Waals surface area contributed by atoms with E-state index in [1.165, 1.54) is 18.2 Å². The number of aromatic hydroxyl groups is 1. The summed E-state index contributed by atoms with van der Waals surface area (Å²) in [4.78, 5) is 64.5. The maximum absolute atomic E-state index is 13.3. The lowest BCUT2D eigenvalue weighted by Crippen LogP contribution is -2.39. The topological polar surface area (TPSA) is 129 Å². The SMILES string of the molecule is O=C(O)CCN1C(=O)[C@H]2[C@H](CC=C3[C@H](c4ccc(O)cc4)C4=C(C[C@H]32)C(=O)C(Br)=CC4=O)C1=O. The molecule has 2 N–H and O–H groups in total. The van der Waals surface area contributed by atoms with E-state index in [1.54, 1.807) is 12.1 Å². The molecule has 174 valence electrons. The molecule has 1 aromatic carbocycles. The predicted octanol–water partition coefficient (Wildman–Crippen LogP) is 2.63. The van der Waals surface area contributed by atoms with Gasteiger partial charge < -0.3 is 10.2 Å². The first kappa shape index (κ1) is 22.5. The van der Waals surface area contributed by atoms with Gasteiger partial charge in [0.05, 0.1) is 22.7 Å². The highest BCUT2D eigenvalue weighted by Crippen LogP contribution is 2.55. The first-order chi connectivity index (χ1) is 16.2. The van der Waals surface area contributed by atoms with Crippen LogP contribution in [0.2, 0.25) is 0 Å². The monoisotopic (exact) mass is 525 g/mol. The van der Waals surface area contributed by atoms with E-state index < -0.39 is 35.5 Å². The number of amides is 2. The number of fused-ring (bicyclic) bond motifs is 3. The van der Waals surface area contributed by atoms with Crippen LogP contribution in [0.25, 0.3) is 0 Å². The molecular formula is C25H20BrNO7. The van der Waals surface area contributed by atoms with E-state index in [-0.39, 0.29) is 47.1 Å². The van der Waals surface area contributed by atoms with Gasteiger partial charge in [-0.2, -0.15) is 0 Å². The molecule has 1 heterocycles. The zero-order chi connectivity index (χ0) is 24.3. The Labute approximate surface area is 202 Å². The van der Waals surface area contributed by atoms with Gasteiger partial charge in [0.2, 0.25) is 11.8 Å². The third-order valence-electron chi connectivity index (χ3n) is 7.20. The molecule has 8 nitrogen and oxygen atoms in total. The number of allylic oxidation sites excluding steroid dienone is 6. The first-order valence-electron chi connectivity index (χ1n) is 10.9. The second-order valence-electron chi connectivity index (χ2n) is 8.96. The Morgan fingerprint density at radius 2 is 1.76 bits per heavy atom. The van der Waals surface area contributed by atoms with E-state index in [0.717, 1.165) is 10.5 Å². The average Bonchev–Trinajstić information content (AvgIpc) is 3.05. The van der Waals surface area contributed by atoms with E-state index >= 15 is 0 Å². The van der Waals surface area contributed by atoms with Gasteiger partial charge in [-0.15, -0.1) is 0 Å². The lowest BCUT2D eigenvalue weighted by atomic mass is 9.59. The summed E-state index contributed by atoms with van der Waals surface area (Å²) >= 11 is 3.18. The summed E-state index contributed by atoms with van der Waals surface area (Å²) < 4.78 is 0.150. The van der Waals surface area contributed by atoms with Gasteiger partial charge in [0, 0.05) is 29.7 Å². The molecule has 1 aliphatic heterocycles. The number of imide groups is 1. The van der Waals surface area contributed by atoms with Crippen LogP contribution in [0.5, 0.6) is 5.75 Å². The smallest absolute Gasteiger partial charge is 0.305 e. The molecule has 0 aromatic heterocycles. The Morgan fingerprint density at radius 3 is 2.44 bits per heavy atom. The predicted molar refractivity (Wildman–Crippen MR) is 122 cm³/mol. The minimum Gasteiger partial charge on any atom is -0.508 e. The van der Waals surface area contributed by atoms with Crippen LogP contribution in [0.1, 0.15) is 30.7 Å². The highest BCUT2D eigenvalue weighted by atomic mass is 79.9. The van der Waals surface area contributed by atoms with Gasteiger partial charge in [-0.1, -0.05) is 23.8 Å². The number of aliphatic carboxylic acids is 1. The molecule has 3 aliphatic carbocycles. The molecule has 1 aromatic rings. The van der Waals surface area contributed by atoms with Gasteiger partial charge in [-0.05, 0) is 52.4 Å². The van der Waals surface area contributed by atoms with Crippen LogP contribution in [0.3, 0.4) is 0 Å². The quantitative estimate of drug-likeness (QED) is 0.351. The number of rotatable bonds is 4. The van der Waals surface area contributed by atoms with Crippen molar-refractivity contribution in [1.82, 2.24) is 4.90 Å². The molecule has 0 spiro atoms. The number of hydrogen-bond acceptors (Lipinski definition) is 6.